The summed E-state index contributed by atoms with van der Waals surface area (Å²) in [4.78, 5) is 16.5. The zero-order valence-corrected chi connectivity index (χ0v) is 12.4. The molecule has 1 fully saturated rings. The quantitative estimate of drug-likeness (QED) is 0.940. The molecule has 106 valence electrons. The van der Waals surface area contributed by atoms with Crippen LogP contribution in [0.5, 0.6) is 0 Å². The van der Waals surface area contributed by atoms with Crippen LogP contribution in [0.2, 0.25) is 5.28 Å². The van der Waals surface area contributed by atoms with E-state index in [2.05, 4.69) is 17.2 Å². The number of fused-ring (bicyclic) bond motifs is 1. The van der Waals surface area contributed by atoms with E-state index in [0.717, 1.165) is 17.6 Å². The number of nitrogens with one attached hydrogen (secondary N) is 1. The first kappa shape index (κ1) is 13.4. The molecule has 0 radical (unpaired) electrons. The number of aryl methyl sites for hydroxylation is 1. The monoisotopic (exact) mass is 291 g/mol. The molecule has 1 aromatic carbocycles. The average molecular weight is 292 g/mol. The summed E-state index contributed by atoms with van der Waals surface area (Å²) in [6, 6.07) is 5.80. The molecule has 4 nitrogen and oxygen atoms in total. The molecule has 0 aliphatic heterocycles. The van der Waals surface area contributed by atoms with Gasteiger partial charge in [-0.05, 0) is 62.4 Å². The zero-order valence-electron chi connectivity index (χ0n) is 11.7. The molecule has 1 aromatic heterocycles. The fourth-order valence-electron chi connectivity index (χ4n) is 2.55. The Labute approximate surface area is 123 Å². The van der Waals surface area contributed by atoms with Gasteiger partial charge in [-0.15, -0.1) is 0 Å². The van der Waals surface area contributed by atoms with Crippen molar-refractivity contribution in [1.82, 2.24) is 14.9 Å². The molecule has 0 saturated heterocycles. The Bertz CT molecular complexity index is 660. The second-order valence-electron chi connectivity index (χ2n) is 5.43. The third kappa shape index (κ3) is 2.40. The topological polar surface area (TPSA) is 46.9 Å². The van der Waals surface area contributed by atoms with Gasteiger partial charge in [-0.25, -0.2) is 4.98 Å². The molecule has 1 heterocycles. The van der Waals surface area contributed by atoms with E-state index in [1.165, 1.54) is 12.8 Å². The Morgan fingerprint density at radius 3 is 2.95 bits per heavy atom. The first-order valence-electron chi connectivity index (χ1n) is 7.06. The van der Waals surface area contributed by atoms with Crippen LogP contribution < -0.4 is 5.32 Å². The van der Waals surface area contributed by atoms with Gasteiger partial charge in [0.15, 0.2) is 0 Å². The number of benzene rings is 1. The summed E-state index contributed by atoms with van der Waals surface area (Å²) in [7, 11) is 0. The summed E-state index contributed by atoms with van der Waals surface area (Å²) in [5.41, 5.74) is 2.37. The number of nitrogens with zero attached hydrogens (tertiary/aromatic N) is 2. The molecule has 20 heavy (non-hydrogen) atoms. The van der Waals surface area contributed by atoms with Gasteiger partial charge in [0.1, 0.15) is 0 Å². The number of imidazole rings is 1. The lowest BCUT2D eigenvalue weighted by molar-refractivity contribution is 0.0936. The highest BCUT2D eigenvalue weighted by atomic mass is 35.5. The van der Waals surface area contributed by atoms with Gasteiger partial charge in [0, 0.05) is 18.2 Å². The minimum absolute atomic E-state index is 0.0338. The number of halogens is 1. The van der Waals surface area contributed by atoms with Crippen molar-refractivity contribution in [2.75, 3.05) is 0 Å². The SMILES string of the molecule is CCn1c(Cl)nc2cc(C(=O)N[C@@H](C)C3CC3)ccc21. The molecule has 0 bridgehead atoms. The van der Waals surface area contributed by atoms with Gasteiger partial charge in [0.2, 0.25) is 5.28 Å². The molecular formula is C15H18ClN3O. The number of hydrogen-bond donors (Lipinski definition) is 1. The van der Waals surface area contributed by atoms with Crippen molar-refractivity contribution in [1.29, 1.82) is 0 Å². The number of carbonyl (C=O) groups excluding carboxylic acids is 1. The first-order chi connectivity index (χ1) is 9.60. The number of rotatable bonds is 4. The second-order valence-corrected chi connectivity index (χ2v) is 5.77. The molecule has 0 unspecified atom stereocenters. The highest BCUT2D eigenvalue weighted by Gasteiger charge is 2.29. The molecule has 1 N–H and O–H groups in total. The predicted octanol–water partition coefficient (Wildman–Crippen LogP) is 3.24. The van der Waals surface area contributed by atoms with Crippen molar-refractivity contribution in [3.8, 4) is 0 Å². The van der Waals surface area contributed by atoms with Crippen LogP contribution in [-0.2, 0) is 6.54 Å². The number of aromatic nitrogens is 2. The van der Waals surface area contributed by atoms with E-state index in [1.807, 2.05) is 29.7 Å². The van der Waals surface area contributed by atoms with E-state index < -0.39 is 0 Å². The summed E-state index contributed by atoms with van der Waals surface area (Å²) in [5, 5.41) is 3.52. The summed E-state index contributed by atoms with van der Waals surface area (Å²) < 4.78 is 1.92. The molecule has 3 rings (SSSR count). The van der Waals surface area contributed by atoms with Crippen molar-refractivity contribution < 1.29 is 4.79 Å². The molecule has 1 saturated carbocycles. The van der Waals surface area contributed by atoms with Crippen LogP contribution in [-0.4, -0.2) is 21.5 Å². The molecule has 1 aliphatic rings. The van der Waals surface area contributed by atoms with Crippen LogP contribution in [0.1, 0.15) is 37.0 Å². The summed E-state index contributed by atoms with van der Waals surface area (Å²) in [5.74, 6) is 0.616. The first-order valence-corrected chi connectivity index (χ1v) is 7.44. The maximum absolute atomic E-state index is 12.2. The van der Waals surface area contributed by atoms with Crippen LogP contribution in [0.3, 0.4) is 0 Å². The van der Waals surface area contributed by atoms with Crippen molar-refractivity contribution in [2.45, 2.75) is 39.3 Å². The van der Waals surface area contributed by atoms with E-state index in [9.17, 15) is 4.79 Å². The van der Waals surface area contributed by atoms with Crippen LogP contribution in [0.4, 0.5) is 0 Å². The molecule has 2 aromatic rings. The third-order valence-electron chi connectivity index (χ3n) is 3.97. The van der Waals surface area contributed by atoms with Gasteiger partial charge in [-0.3, -0.25) is 4.79 Å². The van der Waals surface area contributed by atoms with Gasteiger partial charge in [0.05, 0.1) is 11.0 Å². The largest absolute Gasteiger partial charge is 0.349 e. The zero-order chi connectivity index (χ0) is 14.3. The Morgan fingerprint density at radius 1 is 1.55 bits per heavy atom. The number of amides is 1. The van der Waals surface area contributed by atoms with Crippen LogP contribution in [0.25, 0.3) is 11.0 Å². The van der Waals surface area contributed by atoms with Gasteiger partial charge in [-0.1, -0.05) is 0 Å². The fraction of sp³-hybridized carbons (Fsp3) is 0.467. The Hall–Kier alpha value is -1.55. The lowest BCUT2D eigenvalue weighted by atomic mass is 10.1. The average Bonchev–Trinajstić information content (AvgIpc) is 3.21. The van der Waals surface area contributed by atoms with Crippen molar-refractivity contribution in [3.63, 3.8) is 0 Å². The van der Waals surface area contributed by atoms with Crippen LogP contribution in [0.15, 0.2) is 18.2 Å². The van der Waals surface area contributed by atoms with E-state index in [-0.39, 0.29) is 11.9 Å². The van der Waals surface area contributed by atoms with Crippen molar-refractivity contribution >= 4 is 28.5 Å². The maximum atomic E-state index is 12.2. The maximum Gasteiger partial charge on any atom is 0.251 e. The highest BCUT2D eigenvalue weighted by molar-refractivity contribution is 6.29. The number of hydrogen-bond acceptors (Lipinski definition) is 2. The van der Waals surface area contributed by atoms with E-state index in [0.29, 0.717) is 16.8 Å². The predicted molar refractivity (Wildman–Crippen MR) is 80.1 cm³/mol. The summed E-state index contributed by atoms with van der Waals surface area (Å²) >= 11 is 6.09. The standard InChI is InChI=1S/C15H18ClN3O/c1-3-19-13-7-6-11(8-12(13)18-15(19)16)14(20)17-9(2)10-4-5-10/h6-10H,3-5H2,1-2H3,(H,17,20)/t9-/m0/s1. The van der Waals surface area contributed by atoms with Gasteiger partial charge >= 0.3 is 0 Å². The molecule has 0 spiro atoms. The highest BCUT2D eigenvalue weighted by Crippen LogP contribution is 2.32. The van der Waals surface area contributed by atoms with Gasteiger partial charge < -0.3 is 9.88 Å². The minimum Gasteiger partial charge on any atom is -0.349 e. The van der Waals surface area contributed by atoms with Crippen LogP contribution >= 0.6 is 11.6 Å². The Kier molecular flexibility index (Phi) is 3.42. The van der Waals surface area contributed by atoms with Gasteiger partial charge in [0.25, 0.3) is 5.91 Å². The lowest BCUT2D eigenvalue weighted by Gasteiger charge is -2.12. The van der Waals surface area contributed by atoms with Crippen LogP contribution in [0, 0.1) is 5.92 Å². The van der Waals surface area contributed by atoms with Crippen molar-refractivity contribution in [3.05, 3.63) is 29.0 Å². The van der Waals surface area contributed by atoms with E-state index in [4.69, 9.17) is 11.6 Å². The summed E-state index contributed by atoms with van der Waals surface area (Å²) in [6.07, 6.45) is 2.44. The fourth-order valence-corrected chi connectivity index (χ4v) is 2.85. The number of carbonyl (C=O) groups is 1. The van der Waals surface area contributed by atoms with E-state index in [1.54, 1.807) is 0 Å². The van der Waals surface area contributed by atoms with E-state index >= 15 is 0 Å². The second kappa shape index (κ2) is 5.09. The molecular weight excluding hydrogens is 274 g/mol. The van der Waals surface area contributed by atoms with Crippen molar-refractivity contribution in [2.24, 2.45) is 5.92 Å². The molecule has 1 atom stereocenters. The smallest absolute Gasteiger partial charge is 0.251 e. The van der Waals surface area contributed by atoms with Gasteiger partial charge in [-0.2, -0.15) is 0 Å². The molecule has 5 heteroatoms. The molecule has 1 aliphatic carbocycles. The third-order valence-corrected chi connectivity index (χ3v) is 4.26. The Balaban J connectivity index is 1.86. The Morgan fingerprint density at radius 2 is 2.30 bits per heavy atom. The summed E-state index contributed by atoms with van der Waals surface area (Å²) in [6.45, 7) is 4.85. The molecule has 1 amide bonds. The minimum atomic E-state index is -0.0338. The lowest BCUT2D eigenvalue weighted by Crippen LogP contribution is -2.33. The normalized spacial score (nSPS) is 16.4.